The summed E-state index contributed by atoms with van der Waals surface area (Å²) in [7, 11) is -3.67. The van der Waals surface area contributed by atoms with E-state index in [9.17, 15) is 8.42 Å². The standard InChI is InChI=1S/C11H15N5O.CH4O3S/c1-7(4-17)3-8(2)16-11-9-10(13-5-12-9)14-6-15-11;1-5(2,3)4/h3,5-6,8,17H,4H2,1-2H3,(H2,12,13,14,15,16);1H3,(H,2,3,4)/b7-3+;. The zero-order valence-corrected chi connectivity index (χ0v) is 13.3. The van der Waals surface area contributed by atoms with Gasteiger partial charge in [-0.2, -0.15) is 8.42 Å². The number of nitrogens with zero attached hydrogens (tertiary/aromatic N) is 3. The Balaban J connectivity index is 0.000000422. The third-order valence-corrected chi connectivity index (χ3v) is 2.37. The fourth-order valence-electron chi connectivity index (χ4n) is 1.61. The summed E-state index contributed by atoms with van der Waals surface area (Å²) in [6, 6.07) is 0.0727. The van der Waals surface area contributed by atoms with Crippen LogP contribution in [0.2, 0.25) is 0 Å². The van der Waals surface area contributed by atoms with Gasteiger partial charge in [0.1, 0.15) is 11.8 Å². The number of rotatable bonds is 4. The molecule has 0 aromatic carbocycles. The van der Waals surface area contributed by atoms with Crippen molar-refractivity contribution in [3.63, 3.8) is 0 Å². The Morgan fingerprint density at radius 1 is 1.45 bits per heavy atom. The molecule has 0 spiro atoms. The summed E-state index contributed by atoms with van der Waals surface area (Å²) >= 11 is 0. The summed E-state index contributed by atoms with van der Waals surface area (Å²) in [5.74, 6) is 0.710. The van der Waals surface area contributed by atoms with Gasteiger partial charge in [0.2, 0.25) is 0 Å². The minimum Gasteiger partial charge on any atom is -0.392 e. The summed E-state index contributed by atoms with van der Waals surface area (Å²) < 4.78 is 25.9. The van der Waals surface area contributed by atoms with Crippen molar-refractivity contribution in [2.45, 2.75) is 19.9 Å². The molecule has 0 saturated heterocycles. The van der Waals surface area contributed by atoms with Gasteiger partial charge in [-0.15, -0.1) is 0 Å². The second kappa shape index (κ2) is 7.82. The second-order valence-corrected chi connectivity index (χ2v) is 6.13. The number of H-pyrrole nitrogens is 1. The van der Waals surface area contributed by atoms with Crippen molar-refractivity contribution < 1.29 is 18.1 Å². The fourth-order valence-corrected chi connectivity index (χ4v) is 1.61. The van der Waals surface area contributed by atoms with Crippen molar-refractivity contribution in [1.29, 1.82) is 0 Å². The van der Waals surface area contributed by atoms with E-state index in [4.69, 9.17) is 9.66 Å². The molecular formula is C12H19N5O4S. The van der Waals surface area contributed by atoms with Crippen LogP contribution >= 0.6 is 0 Å². The molecule has 2 rings (SSSR count). The Labute approximate surface area is 128 Å². The van der Waals surface area contributed by atoms with Crippen LogP contribution < -0.4 is 5.32 Å². The molecule has 0 aliphatic heterocycles. The van der Waals surface area contributed by atoms with Gasteiger partial charge in [0.25, 0.3) is 10.1 Å². The summed E-state index contributed by atoms with van der Waals surface area (Å²) in [4.78, 5) is 15.3. The number of fused-ring (bicyclic) bond motifs is 1. The summed E-state index contributed by atoms with van der Waals surface area (Å²) in [6.45, 7) is 3.93. The Hall–Kier alpha value is -2.04. The number of aromatic nitrogens is 4. The summed E-state index contributed by atoms with van der Waals surface area (Å²) in [5, 5.41) is 12.2. The van der Waals surface area contributed by atoms with Gasteiger partial charge < -0.3 is 15.4 Å². The zero-order valence-electron chi connectivity index (χ0n) is 12.5. The first-order valence-corrected chi connectivity index (χ1v) is 8.16. The fraction of sp³-hybridized carbons (Fsp3) is 0.417. The molecule has 0 aliphatic carbocycles. The molecule has 2 aromatic heterocycles. The molecule has 9 nitrogen and oxygen atoms in total. The van der Waals surface area contributed by atoms with Gasteiger partial charge >= 0.3 is 0 Å². The molecule has 0 saturated carbocycles. The Kier molecular flexibility index (Phi) is 6.40. The van der Waals surface area contributed by atoms with Crippen molar-refractivity contribution in [1.82, 2.24) is 19.9 Å². The third kappa shape index (κ3) is 6.61. The molecule has 0 bridgehead atoms. The first-order valence-electron chi connectivity index (χ1n) is 6.32. The maximum absolute atomic E-state index is 9.19. The molecule has 0 radical (unpaired) electrons. The van der Waals surface area contributed by atoms with Crippen LogP contribution in [0, 0.1) is 0 Å². The monoisotopic (exact) mass is 329 g/mol. The van der Waals surface area contributed by atoms with Crippen molar-refractivity contribution >= 4 is 27.1 Å². The van der Waals surface area contributed by atoms with E-state index in [1.54, 1.807) is 6.33 Å². The first-order chi connectivity index (χ1) is 10.2. The average molecular weight is 329 g/mol. The van der Waals surface area contributed by atoms with E-state index in [0.29, 0.717) is 17.7 Å². The van der Waals surface area contributed by atoms with E-state index >= 15 is 0 Å². The largest absolute Gasteiger partial charge is 0.392 e. The minimum atomic E-state index is -3.67. The lowest BCUT2D eigenvalue weighted by Gasteiger charge is -2.11. The van der Waals surface area contributed by atoms with Crippen LogP contribution in [0.4, 0.5) is 5.82 Å². The molecule has 122 valence electrons. The number of imidazole rings is 1. The number of anilines is 1. The minimum absolute atomic E-state index is 0.0647. The van der Waals surface area contributed by atoms with Crippen molar-refractivity contribution in [3.8, 4) is 0 Å². The van der Waals surface area contributed by atoms with Gasteiger partial charge in [0, 0.05) is 6.04 Å². The molecule has 0 aliphatic rings. The maximum atomic E-state index is 9.19. The van der Waals surface area contributed by atoms with Gasteiger partial charge in [0.15, 0.2) is 11.5 Å². The Morgan fingerprint density at radius 2 is 2.09 bits per heavy atom. The molecule has 2 aromatic rings. The molecule has 0 amide bonds. The molecule has 4 N–H and O–H groups in total. The van der Waals surface area contributed by atoms with Crippen LogP contribution in [-0.2, 0) is 10.1 Å². The number of aromatic amines is 1. The van der Waals surface area contributed by atoms with Crippen LogP contribution in [0.5, 0.6) is 0 Å². The molecule has 1 unspecified atom stereocenters. The lowest BCUT2D eigenvalue weighted by molar-refractivity contribution is 0.331. The molecule has 22 heavy (non-hydrogen) atoms. The van der Waals surface area contributed by atoms with Crippen LogP contribution in [0.3, 0.4) is 0 Å². The van der Waals surface area contributed by atoms with Crippen LogP contribution in [0.25, 0.3) is 11.2 Å². The van der Waals surface area contributed by atoms with Crippen molar-refractivity contribution in [3.05, 3.63) is 24.3 Å². The van der Waals surface area contributed by atoms with E-state index in [2.05, 4.69) is 25.3 Å². The highest BCUT2D eigenvalue weighted by atomic mass is 32.2. The normalized spacial score (nSPS) is 13.4. The van der Waals surface area contributed by atoms with Crippen molar-refractivity contribution in [2.75, 3.05) is 18.2 Å². The predicted molar refractivity (Wildman–Crippen MR) is 83.1 cm³/mol. The predicted octanol–water partition coefficient (Wildman–Crippen LogP) is 0.596. The van der Waals surface area contributed by atoms with Crippen molar-refractivity contribution in [2.24, 2.45) is 0 Å². The van der Waals surface area contributed by atoms with E-state index in [1.165, 1.54) is 6.33 Å². The topological polar surface area (TPSA) is 141 Å². The van der Waals surface area contributed by atoms with Crippen LogP contribution in [0.15, 0.2) is 24.3 Å². The highest BCUT2D eigenvalue weighted by molar-refractivity contribution is 7.85. The highest BCUT2D eigenvalue weighted by Crippen LogP contribution is 2.15. The second-order valence-electron chi connectivity index (χ2n) is 4.66. The number of aliphatic hydroxyl groups is 1. The SMILES string of the molecule is C/C(=C\C(C)Nc1ncnc2nc[nH]c12)CO.CS(=O)(=O)O. The number of hydrogen-bond acceptors (Lipinski definition) is 7. The smallest absolute Gasteiger partial charge is 0.261 e. The van der Waals surface area contributed by atoms with Gasteiger partial charge in [-0.05, 0) is 13.8 Å². The number of aliphatic hydroxyl groups excluding tert-OH is 1. The maximum Gasteiger partial charge on any atom is 0.261 e. The lowest BCUT2D eigenvalue weighted by Crippen LogP contribution is -2.14. The number of nitrogens with one attached hydrogen (secondary N) is 2. The molecule has 1 atom stereocenters. The lowest BCUT2D eigenvalue weighted by atomic mass is 10.2. The molecule has 0 fully saturated rings. The Morgan fingerprint density at radius 3 is 2.68 bits per heavy atom. The van der Waals surface area contributed by atoms with E-state index in [1.807, 2.05) is 19.9 Å². The zero-order chi connectivity index (χ0) is 16.8. The van der Waals surface area contributed by atoms with E-state index in [0.717, 1.165) is 11.1 Å². The molecular weight excluding hydrogens is 310 g/mol. The van der Waals surface area contributed by atoms with Crippen LogP contribution in [0.1, 0.15) is 13.8 Å². The van der Waals surface area contributed by atoms with Crippen LogP contribution in [-0.4, -0.2) is 56.9 Å². The number of hydrogen-bond donors (Lipinski definition) is 4. The summed E-state index contributed by atoms with van der Waals surface area (Å²) in [6.07, 6.45) is 5.72. The van der Waals surface area contributed by atoms with Gasteiger partial charge in [-0.1, -0.05) is 11.6 Å². The summed E-state index contributed by atoms with van der Waals surface area (Å²) in [5.41, 5.74) is 2.34. The molecule has 10 heteroatoms. The van der Waals surface area contributed by atoms with Gasteiger partial charge in [0.05, 0.1) is 19.2 Å². The highest BCUT2D eigenvalue weighted by Gasteiger charge is 2.07. The van der Waals surface area contributed by atoms with Gasteiger partial charge in [-0.25, -0.2) is 15.0 Å². The van der Waals surface area contributed by atoms with E-state index < -0.39 is 10.1 Å². The molecule has 2 heterocycles. The Bertz CT molecular complexity index is 733. The van der Waals surface area contributed by atoms with Gasteiger partial charge in [-0.3, -0.25) is 4.55 Å². The van der Waals surface area contributed by atoms with E-state index in [-0.39, 0.29) is 12.6 Å². The first kappa shape index (κ1) is 18.0. The third-order valence-electron chi connectivity index (χ3n) is 2.37. The quantitative estimate of drug-likeness (QED) is 0.472. The average Bonchev–Trinajstić information content (AvgIpc) is 2.85.